The number of hydrogen-bond donors (Lipinski definition) is 0. The molecule has 0 spiro atoms. The standard InChI is InChI=1S/C59H44BN/c1-37-34-54(61(43-21-9-6-10-22-43)44-29-27-39-17-11-12-18-40(39)35-44)56-49-25-14-13-24-48(49)55-38(2)33-53(50-32-31-45(37)57(56)58(50)55)60(41-19-7-5-8-20-41)42-28-30-47-46-23-15-16-26-51(46)59(3,4)52(47)36-42/h5-36H,1-4H3. The molecule has 0 bridgehead atoms. The third kappa shape index (κ3) is 5.28. The molecule has 11 aromatic carbocycles. The summed E-state index contributed by atoms with van der Waals surface area (Å²) in [6.45, 7) is 9.44. The highest BCUT2D eigenvalue weighted by molar-refractivity contribution is 6.97. The van der Waals surface area contributed by atoms with Crippen LogP contribution in [0.4, 0.5) is 17.1 Å². The summed E-state index contributed by atoms with van der Waals surface area (Å²) in [5.41, 5.74) is 15.5. The highest BCUT2D eigenvalue weighted by Gasteiger charge is 2.37. The van der Waals surface area contributed by atoms with Crippen LogP contribution in [0.5, 0.6) is 0 Å². The fourth-order valence-corrected chi connectivity index (χ4v) is 11.1. The second-order valence-corrected chi connectivity index (χ2v) is 17.7. The van der Waals surface area contributed by atoms with E-state index < -0.39 is 0 Å². The average Bonchev–Trinajstić information content (AvgIpc) is 3.53. The van der Waals surface area contributed by atoms with Gasteiger partial charge in [-0.1, -0.05) is 194 Å². The molecule has 288 valence electrons. The molecule has 0 saturated heterocycles. The minimum absolute atomic E-state index is 0.0273. The fourth-order valence-electron chi connectivity index (χ4n) is 11.1. The molecule has 0 radical (unpaired) electrons. The van der Waals surface area contributed by atoms with Crippen molar-refractivity contribution in [1.29, 1.82) is 0 Å². The normalized spacial score (nSPS) is 13.0. The monoisotopic (exact) mass is 777 g/mol. The SMILES string of the molecule is Cc1cc(N(c2ccccc2)c2ccc3ccccc3c2)c2c3ccccc3c3c(C)cc(B(c4ccccc4)c4ccc5c(c4)C(C)(C)c4ccccc4-5)c4ccc1c2c43. The lowest BCUT2D eigenvalue weighted by Gasteiger charge is -2.30. The minimum Gasteiger partial charge on any atom is -0.310 e. The molecule has 1 nitrogen and oxygen atoms in total. The number of anilines is 3. The number of benzene rings is 11. The van der Waals surface area contributed by atoms with Gasteiger partial charge < -0.3 is 4.90 Å². The van der Waals surface area contributed by atoms with Crippen molar-refractivity contribution < 1.29 is 0 Å². The molecule has 11 aromatic rings. The maximum atomic E-state index is 2.53. The summed E-state index contributed by atoms with van der Waals surface area (Å²) in [4.78, 5) is 2.49. The Kier molecular flexibility index (Phi) is 7.87. The first kappa shape index (κ1) is 35.8. The summed E-state index contributed by atoms with van der Waals surface area (Å²) < 4.78 is 0. The third-order valence-corrected chi connectivity index (χ3v) is 13.9. The van der Waals surface area contributed by atoms with Crippen molar-refractivity contribution in [3.63, 3.8) is 0 Å². The molecule has 0 unspecified atom stereocenters. The van der Waals surface area contributed by atoms with Gasteiger partial charge in [-0.2, -0.15) is 0 Å². The van der Waals surface area contributed by atoms with Crippen molar-refractivity contribution in [2.45, 2.75) is 33.1 Å². The second kappa shape index (κ2) is 13.4. The van der Waals surface area contributed by atoms with Gasteiger partial charge in [-0.05, 0) is 121 Å². The van der Waals surface area contributed by atoms with Crippen LogP contribution in [0, 0.1) is 13.8 Å². The zero-order valence-corrected chi connectivity index (χ0v) is 35.0. The van der Waals surface area contributed by atoms with E-state index in [2.05, 4.69) is 227 Å². The first-order chi connectivity index (χ1) is 29.9. The van der Waals surface area contributed by atoms with Gasteiger partial charge in [0.05, 0.1) is 5.69 Å². The van der Waals surface area contributed by atoms with Gasteiger partial charge >= 0.3 is 0 Å². The van der Waals surface area contributed by atoms with Gasteiger partial charge in [-0.3, -0.25) is 0 Å². The Morgan fingerprint density at radius 3 is 1.84 bits per heavy atom. The third-order valence-electron chi connectivity index (χ3n) is 13.9. The molecule has 0 amide bonds. The van der Waals surface area contributed by atoms with Crippen molar-refractivity contribution in [1.82, 2.24) is 0 Å². The summed E-state index contributed by atoms with van der Waals surface area (Å²) >= 11 is 0. The smallest absolute Gasteiger partial charge is 0.242 e. The largest absolute Gasteiger partial charge is 0.310 e. The zero-order valence-electron chi connectivity index (χ0n) is 35.0. The Balaban J connectivity index is 1.18. The maximum absolute atomic E-state index is 2.53. The van der Waals surface area contributed by atoms with Crippen LogP contribution in [0.3, 0.4) is 0 Å². The van der Waals surface area contributed by atoms with Crippen LogP contribution in [-0.2, 0) is 5.41 Å². The Bertz CT molecular complexity index is 3530. The highest BCUT2D eigenvalue weighted by Crippen LogP contribution is 2.50. The molecule has 1 aliphatic rings. The van der Waals surface area contributed by atoms with Crippen LogP contribution in [-0.4, -0.2) is 6.71 Å². The highest BCUT2D eigenvalue weighted by atomic mass is 15.1. The van der Waals surface area contributed by atoms with Gasteiger partial charge in [0, 0.05) is 27.6 Å². The van der Waals surface area contributed by atoms with Gasteiger partial charge in [0.25, 0.3) is 0 Å². The van der Waals surface area contributed by atoms with Crippen molar-refractivity contribution in [3.05, 3.63) is 216 Å². The molecule has 0 heterocycles. The number of rotatable bonds is 6. The molecule has 61 heavy (non-hydrogen) atoms. The summed E-state index contributed by atoms with van der Waals surface area (Å²) in [5.74, 6) is 0. The van der Waals surface area contributed by atoms with Crippen LogP contribution >= 0.6 is 0 Å². The summed E-state index contributed by atoms with van der Waals surface area (Å²) in [7, 11) is 0. The van der Waals surface area contributed by atoms with E-state index in [1.165, 1.54) is 109 Å². The lowest BCUT2D eigenvalue weighted by Crippen LogP contribution is -2.52. The van der Waals surface area contributed by atoms with Crippen molar-refractivity contribution in [2.75, 3.05) is 4.90 Å². The lowest BCUT2D eigenvalue weighted by atomic mass is 9.36. The Labute approximate surface area is 358 Å². The zero-order chi connectivity index (χ0) is 41.0. The first-order valence-corrected chi connectivity index (χ1v) is 21.6. The minimum atomic E-state index is -0.0930. The number of aryl methyl sites for hydroxylation is 2. The van der Waals surface area contributed by atoms with Gasteiger partial charge in [0.15, 0.2) is 0 Å². The van der Waals surface area contributed by atoms with E-state index in [0.717, 1.165) is 11.4 Å². The van der Waals surface area contributed by atoms with E-state index >= 15 is 0 Å². The Morgan fingerprint density at radius 1 is 0.393 bits per heavy atom. The maximum Gasteiger partial charge on any atom is 0.242 e. The predicted octanol–water partition coefficient (Wildman–Crippen LogP) is 13.8. The predicted molar refractivity (Wildman–Crippen MR) is 264 cm³/mol. The molecule has 0 N–H and O–H groups in total. The Morgan fingerprint density at radius 2 is 1.03 bits per heavy atom. The van der Waals surface area contributed by atoms with E-state index in [4.69, 9.17) is 0 Å². The summed E-state index contributed by atoms with van der Waals surface area (Å²) in [6.07, 6.45) is 0. The number of fused-ring (bicyclic) bond motifs is 7. The van der Waals surface area contributed by atoms with E-state index in [-0.39, 0.29) is 12.1 Å². The van der Waals surface area contributed by atoms with Crippen LogP contribution in [0.25, 0.3) is 65.0 Å². The molecule has 0 aliphatic heterocycles. The number of hydrogen-bond acceptors (Lipinski definition) is 1. The van der Waals surface area contributed by atoms with Gasteiger partial charge in [0.1, 0.15) is 0 Å². The van der Waals surface area contributed by atoms with Gasteiger partial charge in [-0.15, -0.1) is 0 Å². The molecule has 0 atom stereocenters. The number of para-hydroxylation sites is 1. The van der Waals surface area contributed by atoms with Crippen molar-refractivity contribution in [2.24, 2.45) is 0 Å². The summed E-state index contributed by atoms with van der Waals surface area (Å²) in [6, 6.07) is 72.9. The van der Waals surface area contributed by atoms with Crippen LogP contribution in [0.1, 0.15) is 36.1 Å². The molecule has 0 aromatic heterocycles. The first-order valence-electron chi connectivity index (χ1n) is 21.6. The molecule has 0 fully saturated rings. The van der Waals surface area contributed by atoms with Gasteiger partial charge in [-0.25, -0.2) is 0 Å². The van der Waals surface area contributed by atoms with E-state index in [1.54, 1.807) is 0 Å². The molecule has 0 saturated carbocycles. The average molecular weight is 778 g/mol. The number of nitrogens with zero attached hydrogens (tertiary/aromatic N) is 1. The second-order valence-electron chi connectivity index (χ2n) is 17.7. The van der Waals surface area contributed by atoms with Crippen molar-refractivity contribution in [3.8, 4) is 11.1 Å². The van der Waals surface area contributed by atoms with Crippen LogP contribution < -0.4 is 21.3 Å². The van der Waals surface area contributed by atoms with Crippen LogP contribution in [0.15, 0.2) is 194 Å². The fraction of sp³-hybridized carbons (Fsp3) is 0.0847. The molecule has 1 aliphatic carbocycles. The quantitative estimate of drug-likeness (QED) is 0.0923. The lowest BCUT2D eigenvalue weighted by molar-refractivity contribution is 0.661. The Hall–Kier alpha value is -7.16. The topological polar surface area (TPSA) is 3.24 Å². The van der Waals surface area contributed by atoms with E-state index in [1.807, 2.05) is 0 Å². The molecular weight excluding hydrogens is 733 g/mol. The van der Waals surface area contributed by atoms with E-state index in [0.29, 0.717) is 0 Å². The molecule has 2 heteroatoms. The van der Waals surface area contributed by atoms with Crippen molar-refractivity contribution >= 4 is 94.0 Å². The van der Waals surface area contributed by atoms with E-state index in [9.17, 15) is 0 Å². The van der Waals surface area contributed by atoms with Crippen LogP contribution in [0.2, 0.25) is 0 Å². The summed E-state index contributed by atoms with van der Waals surface area (Å²) in [5, 5.41) is 13.0. The van der Waals surface area contributed by atoms with Gasteiger partial charge in [0.2, 0.25) is 6.71 Å². The molecule has 12 rings (SSSR count). The molecular formula is C59H44BN.